The highest BCUT2D eigenvalue weighted by molar-refractivity contribution is 9.10. The highest BCUT2D eigenvalue weighted by Gasteiger charge is 2.19. The molecule has 0 bridgehead atoms. The van der Waals surface area contributed by atoms with Gasteiger partial charge in [-0.2, -0.15) is 0 Å². The van der Waals surface area contributed by atoms with Gasteiger partial charge in [0, 0.05) is 9.50 Å². The average molecular weight is 391 g/mol. The second-order valence-electron chi connectivity index (χ2n) is 4.33. The van der Waals surface area contributed by atoms with E-state index in [0.717, 1.165) is 5.56 Å². The van der Waals surface area contributed by atoms with Crippen molar-refractivity contribution >= 4 is 48.9 Å². The third-order valence-corrected chi connectivity index (χ3v) is 5.31. The van der Waals surface area contributed by atoms with Gasteiger partial charge in [-0.25, -0.2) is 8.42 Å². The largest absolute Gasteiger partial charge is 0.323 e. The summed E-state index contributed by atoms with van der Waals surface area (Å²) >= 11 is 9.35. The van der Waals surface area contributed by atoms with Crippen molar-refractivity contribution in [2.45, 2.75) is 11.8 Å². The minimum atomic E-state index is -3.79. The van der Waals surface area contributed by atoms with Crippen molar-refractivity contribution in [2.75, 3.05) is 10.1 Å². The number of hydrogen-bond donors (Lipinski definition) is 3. The maximum Gasteiger partial charge on any atom is 0.264 e. The van der Waals surface area contributed by atoms with Gasteiger partial charge >= 0.3 is 0 Å². The molecular weight excluding hydrogens is 378 g/mol. The molecule has 0 heterocycles. The number of nitrogen functional groups attached to an aromatic ring is 1. The Balaban J connectivity index is 2.45. The predicted octanol–water partition coefficient (Wildman–Crippen LogP) is 3.50. The van der Waals surface area contributed by atoms with Crippen molar-refractivity contribution in [1.82, 2.24) is 0 Å². The van der Waals surface area contributed by atoms with Crippen LogP contribution in [-0.4, -0.2) is 8.42 Å². The molecule has 8 heteroatoms. The van der Waals surface area contributed by atoms with Gasteiger partial charge in [-0.05, 0) is 52.7 Å². The Morgan fingerprint density at radius 1 is 1.19 bits per heavy atom. The van der Waals surface area contributed by atoms with Gasteiger partial charge < -0.3 is 5.43 Å². The third-order valence-electron chi connectivity index (χ3n) is 2.82. The molecule has 0 saturated heterocycles. The van der Waals surface area contributed by atoms with E-state index in [0.29, 0.717) is 20.9 Å². The molecule has 0 fully saturated rings. The summed E-state index contributed by atoms with van der Waals surface area (Å²) in [6.45, 7) is 1.83. The summed E-state index contributed by atoms with van der Waals surface area (Å²) < 4.78 is 28.0. The zero-order valence-corrected chi connectivity index (χ0v) is 14.2. The van der Waals surface area contributed by atoms with E-state index in [1.165, 1.54) is 6.07 Å². The zero-order valence-electron chi connectivity index (χ0n) is 11.0. The maximum atomic E-state index is 12.5. The lowest BCUT2D eigenvalue weighted by Crippen LogP contribution is -2.17. The summed E-state index contributed by atoms with van der Waals surface area (Å²) in [5.74, 6) is 5.34. The second kappa shape index (κ2) is 6.23. The van der Waals surface area contributed by atoms with Crippen LogP contribution < -0.4 is 16.0 Å². The van der Waals surface area contributed by atoms with Crippen LogP contribution in [0.25, 0.3) is 0 Å². The summed E-state index contributed by atoms with van der Waals surface area (Å²) in [6.07, 6.45) is 0. The molecule has 0 atom stereocenters. The van der Waals surface area contributed by atoms with Crippen molar-refractivity contribution in [1.29, 1.82) is 0 Å². The van der Waals surface area contributed by atoms with Crippen LogP contribution in [0.15, 0.2) is 45.8 Å². The molecule has 0 unspecified atom stereocenters. The van der Waals surface area contributed by atoms with E-state index in [2.05, 4.69) is 26.1 Å². The van der Waals surface area contributed by atoms with Crippen LogP contribution in [0.3, 0.4) is 0 Å². The quantitative estimate of drug-likeness (QED) is 0.551. The first-order valence-electron chi connectivity index (χ1n) is 5.89. The van der Waals surface area contributed by atoms with E-state index >= 15 is 0 Å². The van der Waals surface area contributed by atoms with E-state index in [1.807, 2.05) is 6.92 Å². The van der Waals surface area contributed by atoms with Crippen molar-refractivity contribution in [3.63, 3.8) is 0 Å². The van der Waals surface area contributed by atoms with Gasteiger partial charge in [0.2, 0.25) is 0 Å². The Hall–Kier alpha value is -1.28. The van der Waals surface area contributed by atoms with E-state index in [4.69, 9.17) is 17.4 Å². The normalized spacial score (nSPS) is 11.2. The molecule has 0 aliphatic rings. The summed E-state index contributed by atoms with van der Waals surface area (Å²) in [7, 11) is -3.79. The fraction of sp³-hybridized carbons (Fsp3) is 0.0769. The lowest BCUT2D eigenvalue weighted by molar-refractivity contribution is 0.601. The van der Waals surface area contributed by atoms with E-state index in [-0.39, 0.29) is 4.90 Å². The van der Waals surface area contributed by atoms with E-state index in [1.54, 1.807) is 30.3 Å². The first-order chi connectivity index (χ1) is 9.85. The predicted molar refractivity (Wildman–Crippen MR) is 88.9 cm³/mol. The Kier molecular flexibility index (Phi) is 4.77. The Morgan fingerprint density at radius 3 is 2.52 bits per heavy atom. The lowest BCUT2D eigenvalue weighted by atomic mass is 10.2. The van der Waals surface area contributed by atoms with Gasteiger partial charge in [-0.3, -0.25) is 10.6 Å². The Labute approximate surface area is 136 Å². The Bertz CT molecular complexity index is 781. The van der Waals surface area contributed by atoms with Gasteiger partial charge in [0.05, 0.1) is 11.4 Å². The maximum absolute atomic E-state index is 12.5. The SMILES string of the molecule is Cc1cc(Br)c(NS(=O)(=O)c2ccccc2NN)cc1Cl. The first-order valence-corrected chi connectivity index (χ1v) is 8.54. The van der Waals surface area contributed by atoms with Gasteiger partial charge in [0.1, 0.15) is 4.90 Å². The molecule has 21 heavy (non-hydrogen) atoms. The number of hydrogen-bond acceptors (Lipinski definition) is 4. The van der Waals surface area contributed by atoms with Crippen LogP contribution in [0.1, 0.15) is 5.56 Å². The number of aryl methyl sites for hydroxylation is 1. The molecule has 4 N–H and O–H groups in total. The molecule has 5 nitrogen and oxygen atoms in total. The molecule has 0 aliphatic heterocycles. The van der Waals surface area contributed by atoms with Crippen LogP contribution in [0.4, 0.5) is 11.4 Å². The number of benzene rings is 2. The number of rotatable bonds is 4. The standard InChI is InChI=1S/C13H13BrClN3O2S/c1-8-6-9(14)12(7-10(8)15)18-21(19,20)13-5-3-2-4-11(13)17-16/h2-7,17-18H,16H2,1H3. The number of anilines is 2. The number of nitrogens with two attached hydrogens (primary N) is 1. The zero-order chi connectivity index (χ0) is 15.6. The smallest absolute Gasteiger partial charge is 0.264 e. The molecule has 0 aromatic heterocycles. The monoisotopic (exact) mass is 389 g/mol. The number of hydrazine groups is 1. The molecule has 0 amide bonds. The number of sulfonamides is 1. The molecule has 2 aromatic carbocycles. The third kappa shape index (κ3) is 3.49. The topological polar surface area (TPSA) is 84.2 Å². The molecule has 2 aromatic rings. The first kappa shape index (κ1) is 16.1. The van der Waals surface area contributed by atoms with Gasteiger partial charge in [-0.1, -0.05) is 23.7 Å². The van der Waals surface area contributed by atoms with Crippen LogP contribution in [0, 0.1) is 6.92 Å². The molecule has 0 radical (unpaired) electrons. The highest BCUT2D eigenvalue weighted by Crippen LogP contribution is 2.31. The van der Waals surface area contributed by atoms with Crippen LogP contribution in [0.5, 0.6) is 0 Å². The number of nitrogens with one attached hydrogen (secondary N) is 2. The molecular formula is C13H13BrClN3O2S. The molecule has 0 saturated carbocycles. The molecule has 2 rings (SSSR count). The minimum absolute atomic E-state index is 0.0519. The fourth-order valence-electron chi connectivity index (χ4n) is 1.74. The van der Waals surface area contributed by atoms with Gasteiger partial charge in [-0.15, -0.1) is 0 Å². The van der Waals surface area contributed by atoms with E-state index < -0.39 is 10.0 Å². The van der Waals surface area contributed by atoms with Gasteiger partial charge in [0.15, 0.2) is 0 Å². The summed E-state index contributed by atoms with van der Waals surface area (Å²) in [5.41, 5.74) is 3.87. The summed E-state index contributed by atoms with van der Waals surface area (Å²) in [5, 5.41) is 0.473. The van der Waals surface area contributed by atoms with Crippen molar-refractivity contribution < 1.29 is 8.42 Å². The van der Waals surface area contributed by atoms with Crippen LogP contribution >= 0.6 is 27.5 Å². The van der Waals surface area contributed by atoms with Crippen molar-refractivity contribution in [2.24, 2.45) is 5.84 Å². The van der Waals surface area contributed by atoms with E-state index in [9.17, 15) is 8.42 Å². The minimum Gasteiger partial charge on any atom is -0.323 e. The van der Waals surface area contributed by atoms with Crippen molar-refractivity contribution in [3.05, 3.63) is 51.5 Å². The summed E-state index contributed by atoms with van der Waals surface area (Å²) in [6, 6.07) is 9.64. The molecule has 0 aliphatic carbocycles. The second-order valence-corrected chi connectivity index (χ2v) is 7.24. The van der Waals surface area contributed by atoms with Crippen LogP contribution in [-0.2, 0) is 10.0 Å². The van der Waals surface area contributed by atoms with Gasteiger partial charge in [0.25, 0.3) is 10.0 Å². The van der Waals surface area contributed by atoms with Crippen molar-refractivity contribution in [3.8, 4) is 0 Å². The van der Waals surface area contributed by atoms with Crippen LogP contribution in [0.2, 0.25) is 5.02 Å². The number of halogens is 2. The summed E-state index contributed by atoms with van der Waals surface area (Å²) in [4.78, 5) is 0.0519. The Morgan fingerprint density at radius 2 is 1.86 bits per heavy atom. The highest BCUT2D eigenvalue weighted by atomic mass is 79.9. The number of para-hydroxylation sites is 1. The molecule has 0 spiro atoms. The average Bonchev–Trinajstić information content (AvgIpc) is 2.44. The lowest BCUT2D eigenvalue weighted by Gasteiger charge is -2.13. The molecule has 112 valence electrons. The fourth-order valence-corrected chi connectivity index (χ4v) is 3.84.